The molecule has 174 valence electrons. The van der Waals surface area contributed by atoms with Crippen LogP contribution in [0.1, 0.15) is 31.8 Å². The summed E-state index contributed by atoms with van der Waals surface area (Å²) in [6.07, 6.45) is 0.891. The summed E-state index contributed by atoms with van der Waals surface area (Å²) in [5.74, 6) is -1.07. The maximum atomic E-state index is 11.8. The molecule has 8 heteroatoms. The summed E-state index contributed by atoms with van der Waals surface area (Å²) in [6.45, 7) is 3.43. The van der Waals surface area contributed by atoms with Crippen molar-refractivity contribution in [3.63, 3.8) is 0 Å². The lowest BCUT2D eigenvalue weighted by Crippen LogP contribution is -2.01. The minimum absolute atomic E-state index is 0.0847. The number of hydrogen-bond acceptors (Lipinski definition) is 8. The highest BCUT2D eigenvalue weighted by atomic mass is 16.5. The van der Waals surface area contributed by atoms with Crippen LogP contribution in [0.5, 0.6) is 34.5 Å². The first kappa shape index (κ1) is 22.7. The number of fused-ring (bicyclic) bond motifs is 2. The quantitative estimate of drug-likeness (QED) is 0.313. The third kappa shape index (κ3) is 2.92. The zero-order valence-electron chi connectivity index (χ0n) is 18.9. The number of methoxy groups -OCH3 is 2. The third-order valence-electron chi connectivity index (χ3n) is 6.21. The summed E-state index contributed by atoms with van der Waals surface area (Å²) in [4.78, 5) is 23.7. The molecule has 0 bridgehead atoms. The van der Waals surface area contributed by atoms with E-state index in [0.717, 1.165) is 0 Å². The largest absolute Gasteiger partial charge is 0.507 e. The summed E-state index contributed by atoms with van der Waals surface area (Å²) in [5.41, 5.74) is 1.83. The molecule has 0 spiro atoms. The Morgan fingerprint density at radius 1 is 0.647 bits per heavy atom. The number of rotatable bonds is 5. The summed E-state index contributed by atoms with van der Waals surface area (Å²) in [7, 11) is 2.73. The average molecular weight is 462 g/mol. The second-order valence-electron chi connectivity index (χ2n) is 7.84. The molecule has 4 N–H and O–H groups in total. The number of aromatic hydroxyl groups is 4. The van der Waals surface area contributed by atoms with Gasteiger partial charge in [0.05, 0.1) is 25.3 Å². The molecule has 0 aromatic heterocycles. The van der Waals surface area contributed by atoms with Gasteiger partial charge >= 0.3 is 0 Å². The fourth-order valence-electron chi connectivity index (χ4n) is 4.74. The molecular formula is C26H22O8. The Kier molecular flexibility index (Phi) is 5.45. The highest BCUT2D eigenvalue weighted by molar-refractivity contribution is 6.18. The van der Waals surface area contributed by atoms with Gasteiger partial charge in [0, 0.05) is 21.9 Å². The van der Waals surface area contributed by atoms with Gasteiger partial charge < -0.3 is 29.9 Å². The van der Waals surface area contributed by atoms with Crippen molar-refractivity contribution >= 4 is 34.1 Å². The summed E-state index contributed by atoms with van der Waals surface area (Å²) < 4.78 is 10.9. The lowest BCUT2D eigenvalue weighted by molar-refractivity contribution is 0.111. The number of phenolic OH excluding ortho intramolecular Hbond substituents is 4. The fraction of sp³-hybridized carbons (Fsp3) is 0.154. The normalized spacial score (nSPS) is 11.1. The van der Waals surface area contributed by atoms with Crippen LogP contribution in [0.3, 0.4) is 0 Å². The number of ether oxygens (including phenoxy) is 2. The first-order valence-electron chi connectivity index (χ1n) is 10.2. The van der Waals surface area contributed by atoms with Gasteiger partial charge in [0.2, 0.25) is 0 Å². The standard InChI is InChI=1S/C26H22O8/c1-11-19(13-5-7-17(29)15(9-27)21(13)23(31)25(11)33-3)20-12(2)26(34-4)24(32)22-14(20)6-8-18(30)16(22)10-28/h5-10,29-32H,1-4H3. The molecule has 0 atom stereocenters. The van der Waals surface area contributed by atoms with Gasteiger partial charge in [-0.05, 0) is 60.0 Å². The van der Waals surface area contributed by atoms with Crippen molar-refractivity contribution in [2.45, 2.75) is 13.8 Å². The van der Waals surface area contributed by atoms with E-state index in [4.69, 9.17) is 9.47 Å². The Bertz CT molecular complexity index is 1400. The molecule has 0 heterocycles. The van der Waals surface area contributed by atoms with Crippen molar-refractivity contribution in [2.75, 3.05) is 14.2 Å². The zero-order valence-corrected chi connectivity index (χ0v) is 18.9. The van der Waals surface area contributed by atoms with Crippen LogP contribution in [0.25, 0.3) is 32.7 Å². The molecular weight excluding hydrogens is 440 g/mol. The van der Waals surface area contributed by atoms with Crippen LogP contribution in [0.15, 0.2) is 24.3 Å². The van der Waals surface area contributed by atoms with Gasteiger partial charge in [-0.1, -0.05) is 0 Å². The fourth-order valence-corrected chi connectivity index (χ4v) is 4.74. The maximum Gasteiger partial charge on any atom is 0.166 e. The Morgan fingerprint density at radius 2 is 1.00 bits per heavy atom. The van der Waals surface area contributed by atoms with E-state index in [1.54, 1.807) is 26.0 Å². The molecule has 0 aliphatic rings. The van der Waals surface area contributed by atoms with Crippen LogP contribution in [0, 0.1) is 13.8 Å². The predicted octanol–water partition coefficient (Wildman–Crippen LogP) is 4.74. The summed E-state index contributed by atoms with van der Waals surface area (Å²) in [5, 5.41) is 43.4. The van der Waals surface area contributed by atoms with Gasteiger partial charge in [-0.3, -0.25) is 9.59 Å². The van der Waals surface area contributed by atoms with E-state index in [-0.39, 0.29) is 56.4 Å². The summed E-state index contributed by atoms with van der Waals surface area (Å²) >= 11 is 0. The summed E-state index contributed by atoms with van der Waals surface area (Å²) in [6, 6.07) is 5.81. The molecule has 0 radical (unpaired) electrons. The van der Waals surface area contributed by atoms with Gasteiger partial charge in [-0.15, -0.1) is 0 Å². The average Bonchev–Trinajstić information content (AvgIpc) is 2.81. The smallest absolute Gasteiger partial charge is 0.166 e. The first-order valence-corrected chi connectivity index (χ1v) is 10.2. The van der Waals surface area contributed by atoms with E-state index in [2.05, 4.69) is 0 Å². The number of phenols is 4. The molecule has 0 saturated carbocycles. The predicted molar refractivity (Wildman–Crippen MR) is 127 cm³/mol. The van der Waals surface area contributed by atoms with Crippen LogP contribution >= 0.6 is 0 Å². The van der Waals surface area contributed by atoms with Crippen LogP contribution in [0.2, 0.25) is 0 Å². The van der Waals surface area contributed by atoms with E-state index in [1.165, 1.54) is 26.4 Å². The third-order valence-corrected chi connectivity index (χ3v) is 6.21. The molecule has 0 unspecified atom stereocenters. The van der Waals surface area contributed by atoms with Crippen molar-refractivity contribution in [3.8, 4) is 45.6 Å². The van der Waals surface area contributed by atoms with E-state index < -0.39 is 0 Å². The Hall–Kier alpha value is -4.46. The van der Waals surface area contributed by atoms with Crippen molar-refractivity contribution < 1.29 is 39.5 Å². The van der Waals surface area contributed by atoms with E-state index >= 15 is 0 Å². The van der Waals surface area contributed by atoms with Crippen LogP contribution in [-0.4, -0.2) is 47.2 Å². The molecule has 0 aliphatic heterocycles. The van der Waals surface area contributed by atoms with E-state index in [1.807, 2.05) is 0 Å². The number of carbonyl (C=O) groups excluding carboxylic acids is 2. The topological polar surface area (TPSA) is 134 Å². The van der Waals surface area contributed by atoms with E-state index in [0.29, 0.717) is 45.6 Å². The van der Waals surface area contributed by atoms with Crippen LogP contribution < -0.4 is 9.47 Å². The van der Waals surface area contributed by atoms with Gasteiger partial charge in [0.15, 0.2) is 35.6 Å². The zero-order chi connectivity index (χ0) is 24.9. The minimum atomic E-state index is -0.312. The van der Waals surface area contributed by atoms with Gasteiger partial charge in [-0.25, -0.2) is 0 Å². The molecule has 34 heavy (non-hydrogen) atoms. The number of benzene rings is 4. The molecule has 8 nitrogen and oxygen atoms in total. The molecule has 0 saturated heterocycles. The maximum absolute atomic E-state index is 11.8. The minimum Gasteiger partial charge on any atom is -0.507 e. The second kappa shape index (κ2) is 8.15. The van der Waals surface area contributed by atoms with Crippen LogP contribution in [0.4, 0.5) is 0 Å². The van der Waals surface area contributed by atoms with Gasteiger partial charge in [0.25, 0.3) is 0 Å². The molecule has 0 amide bonds. The van der Waals surface area contributed by atoms with E-state index in [9.17, 15) is 30.0 Å². The second-order valence-corrected chi connectivity index (χ2v) is 7.84. The van der Waals surface area contributed by atoms with Crippen LogP contribution in [-0.2, 0) is 0 Å². The Labute approximate surface area is 194 Å². The number of aldehydes is 2. The Morgan fingerprint density at radius 3 is 1.29 bits per heavy atom. The molecule has 0 aliphatic carbocycles. The highest BCUT2D eigenvalue weighted by Crippen LogP contribution is 2.53. The van der Waals surface area contributed by atoms with Crippen molar-refractivity contribution in [1.29, 1.82) is 0 Å². The van der Waals surface area contributed by atoms with Crippen molar-refractivity contribution in [2.24, 2.45) is 0 Å². The molecule has 4 aromatic rings. The first-order chi connectivity index (χ1) is 16.2. The molecule has 0 fully saturated rings. The Balaban J connectivity index is 2.38. The highest BCUT2D eigenvalue weighted by Gasteiger charge is 2.28. The molecule has 4 rings (SSSR count). The lowest BCUT2D eigenvalue weighted by Gasteiger charge is -2.23. The van der Waals surface area contributed by atoms with Crippen molar-refractivity contribution in [1.82, 2.24) is 0 Å². The number of carbonyl (C=O) groups is 2. The number of hydrogen-bond donors (Lipinski definition) is 4. The molecule has 4 aromatic carbocycles. The van der Waals surface area contributed by atoms with Gasteiger partial charge in [0.1, 0.15) is 11.5 Å². The van der Waals surface area contributed by atoms with Crippen molar-refractivity contribution in [3.05, 3.63) is 46.5 Å². The lowest BCUT2D eigenvalue weighted by atomic mass is 9.84. The van der Waals surface area contributed by atoms with Gasteiger partial charge in [-0.2, -0.15) is 0 Å². The monoisotopic (exact) mass is 462 g/mol. The SMILES string of the molecule is COc1c(C)c(-c2c(C)c(OC)c(O)c3c(C=O)c(O)ccc23)c2ccc(O)c(C=O)c2c1O.